The first-order valence-corrected chi connectivity index (χ1v) is 6.35. The third-order valence-electron chi connectivity index (χ3n) is 3.70. The molecule has 4 heteroatoms. The molecule has 0 aliphatic carbocycles. The zero-order valence-electron chi connectivity index (χ0n) is 10.6. The van der Waals surface area contributed by atoms with Gasteiger partial charge in [-0.1, -0.05) is 25.1 Å². The summed E-state index contributed by atoms with van der Waals surface area (Å²) in [5.74, 6) is -0.0391. The van der Waals surface area contributed by atoms with Gasteiger partial charge in [0.25, 0.3) is 0 Å². The summed E-state index contributed by atoms with van der Waals surface area (Å²) >= 11 is 0. The molecule has 1 aromatic carbocycles. The number of benzene rings is 1. The molecule has 1 aliphatic heterocycles. The van der Waals surface area contributed by atoms with Crippen LogP contribution in [-0.2, 0) is 6.18 Å². The SMILES string of the molecule is CCC1NC(C)CC1c1ccccc1C(F)(F)F. The minimum Gasteiger partial charge on any atom is -0.311 e. The highest BCUT2D eigenvalue weighted by Gasteiger charge is 2.39. The Morgan fingerprint density at radius 2 is 1.94 bits per heavy atom. The van der Waals surface area contributed by atoms with Gasteiger partial charge in [-0.3, -0.25) is 0 Å². The maximum absolute atomic E-state index is 13.0. The predicted molar refractivity (Wildman–Crippen MR) is 65.5 cm³/mol. The smallest absolute Gasteiger partial charge is 0.311 e. The molecule has 1 fully saturated rings. The largest absolute Gasteiger partial charge is 0.416 e. The standard InChI is InChI=1S/C14H18F3N/c1-3-13-11(8-9(2)18-13)10-6-4-5-7-12(10)14(15,16)17/h4-7,9,11,13,18H,3,8H2,1-2H3. The van der Waals surface area contributed by atoms with Crippen molar-refractivity contribution >= 4 is 0 Å². The summed E-state index contributed by atoms with van der Waals surface area (Å²) in [6.45, 7) is 4.04. The predicted octanol–water partition coefficient (Wildman–Crippen LogP) is 3.95. The van der Waals surface area contributed by atoms with Gasteiger partial charge in [-0.05, 0) is 31.4 Å². The molecule has 3 unspecified atom stereocenters. The first-order chi connectivity index (χ1) is 8.43. The summed E-state index contributed by atoms with van der Waals surface area (Å²) in [5.41, 5.74) is -0.0435. The third-order valence-corrected chi connectivity index (χ3v) is 3.70. The fourth-order valence-corrected chi connectivity index (χ4v) is 2.92. The van der Waals surface area contributed by atoms with E-state index in [2.05, 4.69) is 5.32 Å². The summed E-state index contributed by atoms with van der Waals surface area (Å²) in [5, 5.41) is 3.36. The Labute approximate surface area is 105 Å². The monoisotopic (exact) mass is 257 g/mol. The Bertz CT molecular complexity index is 414. The Balaban J connectivity index is 2.39. The van der Waals surface area contributed by atoms with Gasteiger partial charge in [-0.25, -0.2) is 0 Å². The molecule has 3 atom stereocenters. The quantitative estimate of drug-likeness (QED) is 0.846. The summed E-state index contributed by atoms with van der Waals surface area (Å²) in [6, 6.07) is 6.38. The van der Waals surface area contributed by atoms with Crippen molar-refractivity contribution in [2.75, 3.05) is 0 Å². The van der Waals surface area contributed by atoms with Crippen molar-refractivity contribution in [2.45, 2.75) is 50.9 Å². The van der Waals surface area contributed by atoms with Gasteiger partial charge >= 0.3 is 6.18 Å². The summed E-state index contributed by atoms with van der Waals surface area (Å²) in [4.78, 5) is 0. The first-order valence-electron chi connectivity index (χ1n) is 6.35. The molecule has 0 radical (unpaired) electrons. The maximum Gasteiger partial charge on any atom is 0.416 e. The second kappa shape index (κ2) is 4.92. The Kier molecular flexibility index (Phi) is 3.66. The average molecular weight is 257 g/mol. The molecule has 0 spiro atoms. The summed E-state index contributed by atoms with van der Waals surface area (Å²) in [6.07, 6.45) is -2.65. The van der Waals surface area contributed by atoms with E-state index in [1.807, 2.05) is 13.8 Å². The first kappa shape index (κ1) is 13.4. The molecule has 2 rings (SSSR count). The minimum absolute atomic E-state index is 0.0391. The lowest BCUT2D eigenvalue weighted by molar-refractivity contribution is -0.138. The molecular weight excluding hydrogens is 239 g/mol. The highest BCUT2D eigenvalue weighted by Crippen LogP contribution is 2.40. The number of alkyl halides is 3. The molecule has 0 aromatic heterocycles. The van der Waals surface area contributed by atoms with Crippen molar-refractivity contribution in [3.63, 3.8) is 0 Å². The van der Waals surface area contributed by atoms with E-state index in [4.69, 9.17) is 0 Å². The normalized spacial score (nSPS) is 28.6. The van der Waals surface area contributed by atoms with Crippen LogP contribution in [0.1, 0.15) is 43.7 Å². The van der Waals surface area contributed by atoms with Gasteiger partial charge in [0.15, 0.2) is 0 Å². The van der Waals surface area contributed by atoms with Crippen LogP contribution in [0.25, 0.3) is 0 Å². The van der Waals surface area contributed by atoms with Crippen molar-refractivity contribution < 1.29 is 13.2 Å². The van der Waals surface area contributed by atoms with Crippen LogP contribution in [0.5, 0.6) is 0 Å². The second-order valence-electron chi connectivity index (χ2n) is 5.01. The number of rotatable bonds is 2. The number of hydrogen-bond acceptors (Lipinski definition) is 1. The van der Waals surface area contributed by atoms with Crippen LogP contribution in [0, 0.1) is 0 Å². The van der Waals surface area contributed by atoms with Crippen molar-refractivity contribution in [1.29, 1.82) is 0 Å². The zero-order valence-corrected chi connectivity index (χ0v) is 10.6. The van der Waals surface area contributed by atoms with E-state index in [1.165, 1.54) is 12.1 Å². The Morgan fingerprint density at radius 1 is 1.28 bits per heavy atom. The van der Waals surface area contributed by atoms with Gasteiger partial charge in [0.05, 0.1) is 5.56 Å². The van der Waals surface area contributed by atoms with E-state index in [-0.39, 0.29) is 18.0 Å². The van der Waals surface area contributed by atoms with E-state index >= 15 is 0 Å². The fourth-order valence-electron chi connectivity index (χ4n) is 2.92. The van der Waals surface area contributed by atoms with E-state index in [1.54, 1.807) is 12.1 Å². The number of nitrogens with one attached hydrogen (secondary N) is 1. The topological polar surface area (TPSA) is 12.0 Å². The third kappa shape index (κ3) is 2.53. The van der Waals surface area contributed by atoms with Crippen molar-refractivity contribution in [1.82, 2.24) is 5.32 Å². The van der Waals surface area contributed by atoms with E-state index < -0.39 is 11.7 Å². The van der Waals surface area contributed by atoms with Crippen LogP contribution in [0.2, 0.25) is 0 Å². The minimum atomic E-state index is -4.26. The van der Waals surface area contributed by atoms with Gasteiger partial charge in [0, 0.05) is 18.0 Å². The number of halogens is 3. The summed E-state index contributed by atoms with van der Waals surface area (Å²) < 4.78 is 39.0. The van der Waals surface area contributed by atoms with Gasteiger partial charge in [0.2, 0.25) is 0 Å². The van der Waals surface area contributed by atoms with Crippen LogP contribution in [0.4, 0.5) is 13.2 Å². The molecule has 1 saturated heterocycles. The lowest BCUT2D eigenvalue weighted by Crippen LogP contribution is -2.29. The van der Waals surface area contributed by atoms with E-state index in [9.17, 15) is 13.2 Å². The lowest BCUT2D eigenvalue weighted by Gasteiger charge is -2.22. The Morgan fingerprint density at radius 3 is 2.56 bits per heavy atom. The molecule has 1 aliphatic rings. The molecular formula is C14H18F3N. The van der Waals surface area contributed by atoms with Gasteiger partial charge < -0.3 is 5.32 Å². The second-order valence-corrected chi connectivity index (χ2v) is 5.01. The van der Waals surface area contributed by atoms with Crippen LogP contribution >= 0.6 is 0 Å². The molecule has 1 heterocycles. The van der Waals surface area contributed by atoms with E-state index in [0.717, 1.165) is 12.8 Å². The van der Waals surface area contributed by atoms with Gasteiger partial charge in [-0.2, -0.15) is 13.2 Å². The molecule has 1 nitrogen and oxygen atoms in total. The van der Waals surface area contributed by atoms with Crippen molar-refractivity contribution in [3.05, 3.63) is 35.4 Å². The molecule has 0 amide bonds. The van der Waals surface area contributed by atoms with Gasteiger partial charge in [-0.15, -0.1) is 0 Å². The molecule has 18 heavy (non-hydrogen) atoms. The lowest BCUT2D eigenvalue weighted by atomic mass is 9.86. The van der Waals surface area contributed by atoms with Gasteiger partial charge in [0.1, 0.15) is 0 Å². The van der Waals surface area contributed by atoms with Crippen LogP contribution in [0.15, 0.2) is 24.3 Å². The highest BCUT2D eigenvalue weighted by molar-refractivity contribution is 5.34. The highest BCUT2D eigenvalue weighted by atomic mass is 19.4. The maximum atomic E-state index is 13.0. The molecule has 0 bridgehead atoms. The molecule has 1 N–H and O–H groups in total. The van der Waals surface area contributed by atoms with Crippen LogP contribution < -0.4 is 5.32 Å². The molecule has 0 saturated carbocycles. The van der Waals surface area contributed by atoms with E-state index in [0.29, 0.717) is 5.56 Å². The van der Waals surface area contributed by atoms with Crippen LogP contribution in [-0.4, -0.2) is 12.1 Å². The van der Waals surface area contributed by atoms with Crippen molar-refractivity contribution in [3.8, 4) is 0 Å². The van der Waals surface area contributed by atoms with Crippen LogP contribution in [0.3, 0.4) is 0 Å². The zero-order chi connectivity index (χ0) is 13.3. The Hall–Kier alpha value is -1.03. The van der Waals surface area contributed by atoms with Crippen molar-refractivity contribution in [2.24, 2.45) is 0 Å². The molecule has 1 aromatic rings. The fraction of sp³-hybridized carbons (Fsp3) is 0.571. The molecule has 100 valence electrons. The number of hydrogen-bond donors (Lipinski definition) is 1. The summed E-state index contributed by atoms with van der Waals surface area (Å²) in [7, 11) is 0. The average Bonchev–Trinajstić information content (AvgIpc) is 2.69.